The molecule has 0 radical (unpaired) electrons. The molecular weight excluding hydrogens is 303 g/mol. The van der Waals surface area contributed by atoms with Crippen LogP contribution in [-0.4, -0.2) is 17.7 Å². The molecule has 0 fully saturated rings. The van der Waals surface area contributed by atoms with Crippen LogP contribution in [0.15, 0.2) is 36.5 Å². The average molecular weight is 314 g/mol. The highest BCUT2D eigenvalue weighted by Crippen LogP contribution is 2.53. The summed E-state index contributed by atoms with van der Waals surface area (Å²) in [5, 5.41) is 3.13. The van der Waals surface area contributed by atoms with Gasteiger partial charge in [0.15, 0.2) is 0 Å². The highest BCUT2D eigenvalue weighted by atomic mass is 35.5. The molecule has 3 nitrogen and oxygen atoms in total. The Labute approximate surface area is 123 Å². The van der Waals surface area contributed by atoms with Crippen LogP contribution in [-0.2, 0) is 5.41 Å². The summed E-state index contributed by atoms with van der Waals surface area (Å²) in [6.45, 7) is -0.621. The molecule has 110 valence electrons. The van der Waals surface area contributed by atoms with Crippen LogP contribution in [0.2, 0.25) is 5.02 Å². The fourth-order valence-corrected chi connectivity index (χ4v) is 2.91. The Balaban J connectivity index is 2.39. The van der Waals surface area contributed by atoms with E-state index in [-0.39, 0.29) is 22.0 Å². The smallest absolute Gasteiger partial charge is 0.340 e. The van der Waals surface area contributed by atoms with E-state index in [1.807, 2.05) is 0 Å². The number of benzene rings is 1. The van der Waals surface area contributed by atoms with Gasteiger partial charge in [-0.05, 0) is 29.8 Å². The molecule has 0 saturated carbocycles. The molecule has 2 heterocycles. The summed E-state index contributed by atoms with van der Waals surface area (Å²) in [5.41, 5.74) is 3.61. The topological polar surface area (TPSA) is 50.9 Å². The number of anilines is 2. The normalized spacial score (nSPS) is 20.4. The number of rotatable bonds is 1. The molecule has 0 spiro atoms. The first kappa shape index (κ1) is 14.2. The number of alkyl halides is 3. The minimum atomic E-state index is -4.57. The second-order valence-corrected chi connectivity index (χ2v) is 5.26. The zero-order chi connectivity index (χ0) is 15.3. The molecule has 1 aliphatic heterocycles. The summed E-state index contributed by atoms with van der Waals surface area (Å²) in [5.74, 6) is 0.162. The largest absolute Gasteiger partial charge is 0.403 e. The third kappa shape index (κ3) is 1.90. The fourth-order valence-electron chi connectivity index (χ4n) is 2.74. The van der Waals surface area contributed by atoms with Gasteiger partial charge in [-0.3, -0.25) is 0 Å². The van der Waals surface area contributed by atoms with Crippen LogP contribution in [0.1, 0.15) is 11.1 Å². The predicted molar refractivity (Wildman–Crippen MR) is 74.9 cm³/mol. The monoisotopic (exact) mass is 313 g/mol. The van der Waals surface area contributed by atoms with Crippen LogP contribution < -0.4 is 11.1 Å². The first-order valence-electron chi connectivity index (χ1n) is 6.19. The van der Waals surface area contributed by atoms with E-state index in [1.54, 1.807) is 0 Å². The molecule has 1 aromatic heterocycles. The van der Waals surface area contributed by atoms with Crippen molar-refractivity contribution in [3.05, 3.63) is 52.7 Å². The lowest BCUT2D eigenvalue weighted by Crippen LogP contribution is -2.51. The number of fused-ring (bicyclic) bond motifs is 2. The Morgan fingerprint density at radius 3 is 2.67 bits per heavy atom. The Kier molecular flexibility index (Phi) is 3.11. The standard InChI is InChI=1S/C14H11ClF3N3/c15-8-3-4-11-10(6-8)13(7-19,14(16,17)18)9-2-1-5-20-12(9)21-11/h1-6H,7,19H2,(H,20,21). The van der Waals surface area contributed by atoms with Gasteiger partial charge in [0.2, 0.25) is 0 Å². The van der Waals surface area contributed by atoms with Crippen molar-refractivity contribution in [1.29, 1.82) is 0 Å². The van der Waals surface area contributed by atoms with Crippen LogP contribution in [0.4, 0.5) is 24.7 Å². The number of nitrogens with two attached hydrogens (primary N) is 1. The second kappa shape index (κ2) is 4.61. The van der Waals surface area contributed by atoms with Crippen LogP contribution in [0.5, 0.6) is 0 Å². The van der Waals surface area contributed by atoms with E-state index in [9.17, 15) is 13.2 Å². The van der Waals surface area contributed by atoms with E-state index < -0.39 is 18.1 Å². The highest BCUT2D eigenvalue weighted by molar-refractivity contribution is 6.30. The molecule has 1 atom stereocenters. The SMILES string of the molecule is NCC1(C(F)(F)F)c2cc(Cl)ccc2Nc2ncccc21. The van der Waals surface area contributed by atoms with Crippen LogP contribution >= 0.6 is 11.6 Å². The minimum Gasteiger partial charge on any atom is -0.340 e. The molecule has 3 N–H and O–H groups in total. The van der Waals surface area contributed by atoms with Crippen molar-refractivity contribution >= 4 is 23.1 Å². The van der Waals surface area contributed by atoms with Gasteiger partial charge < -0.3 is 11.1 Å². The van der Waals surface area contributed by atoms with Crippen molar-refractivity contribution in [2.24, 2.45) is 5.73 Å². The lowest BCUT2D eigenvalue weighted by molar-refractivity contribution is -0.175. The quantitative estimate of drug-likeness (QED) is 0.846. The van der Waals surface area contributed by atoms with Gasteiger partial charge in [0, 0.05) is 29.0 Å². The molecule has 7 heteroatoms. The van der Waals surface area contributed by atoms with Crippen molar-refractivity contribution in [2.75, 3.05) is 11.9 Å². The molecule has 21 heavy (non-hydrogen) atoms. The van der Waals surface area contributed by atoms with Crippen LogP contribution in [0, 0.1) is 0 Å². The zero-order valence-corrected chi connectivity index (χ0v) is 11.5. The van der Waals surface area contributed by atoms with Crippen molar-refractivity contribution < 1.29 is 13.2 Å². The Morgan fingerprint density at radius 1 is 1.24 bits per heavy atom. The maximum atomic E-state index is 13.9. The molecule has 0 amide bonds. The van der Waals surface area contributed by atoms with Gasteiger partial charge >= 0.3 is 6.18 Å². The molecular formula is C14H11ClF3N3. The predicted octanol–water partition coefficient (Wildman–Crippen LogP) is 3.60. The molecule has 3 rings (SSSR count). The molecule has 0 bridgehead atoms. The Hall–Kier alpha value is -1.79. The van der Waals surface area contributed by atoms with E-state index >= 15 is 0 Å². The lowest BCUT2D eigenvalue weighted by atomic mass is 9.71. The third-order valence-electron chi connectivity index (χ3n) is 3.75. The molecule has 0 saturated heterocycles. The van der Waals surface area contributed by atoms with Gasteiger partial charge in [0.1, 0.15) is 11.2 Å². The Bertz CT molecular complexity index is 702. The van der Waals surface area contributed by atoms with E-state index in [2.05, 4.69) is 10.3 Å². The highest BCUT2D eigenvalue weighted by Gasteiger charge is 2.59. The number of nitrogens with zero attached hydrogens (tertiary/aromatic N) is 1. The number of halogens is 4. The van der Waals surface area contributed by atoms with E-state index in [0.717, 1.165) is 0 Å². The number of hydrogen-bond acceptors (Lipinski definition) is 3. The first-order valence-corrected chi connectivity index (χ1v) is 6.57. The molecule has 1 aliphatic rings. The number of nitrogens with one attached hydrogen (secondary N) is 1. The van der Waals surface area contributed by atoms with Gasteiger partial charge in [0.25, 0.3) is 0 Å². The van der Waals surface area contributed by atoms with E-state index in [1.165, 1.54) is 36.5 Å². The zero-order valence-electron chi connectivity index (χ0n) is 10.7. The van der Waals surface area contributed by atoms with Crippen LogP contribution in [0.25, 0.3) is 0 Å². The van der Waals surface area contributed by atoms with E-state index in [0.29, 0.717) is 5.69 Å². The van der Waals surface area contributed by atoms with Gasteiger partial charge in [0.05, 0.1) is 0 Å². The number of aromatic nitrogens is 1. The van der Waals surface area contributed by atoms with Gasteiger partial charge in [-0.2, -0.15) is 13.2 Å². The van der Waals surface area contributed by atoms with Crippen LogP contribution in [0.3, 0.4) is 0 Å². The fraction of sp³-hybridized carbons (Fsp3) is 0.214. The maximum absolute atomic E-state index is 13.9. The molecule has 0 aliphatic carbocycles. The Morgan fingerprint density at radius 2 is 2.00 bits per heavy atom. The summed E-state index contributed by atoms with van der Waals surface area (Å²) >= 11 is 5.89. The average Bonchev–Trinajstić information content (AvgIpc) is 2.43. The van der Waals surface area contributed by atoms with Crippen molar-refractivity contribution in [3.63, 3.8) is 0 Å². The van der Waals surface area contributed by atoms with Gasteiger partial charge in [-0.25, -0.2) is 4.98 Å². The third-order valence-corrected chi connectivity index (χ3v) is 3.99. The summed E-state index contributed by atoms with van der Waals surface area (Å²) in [4.78, 5) is 4.00. The van der Waals surface area contributed by atoms with Crippen molar-refractivity contribution in [3.8, 4) is 0 Å². The summed E-state index contributed by atoms with van der Waals surface area (Å²) in [6.07, 6.45) is -3.13. The summed E-state index contributed by atoms with van der Waals surface area (Å²) in [7, 11) is 0. The molecule has 1 unspecified atom stereocenters. The minimum absolute atomic E-state index is 0.00904. The van der Waals surface area contributed by atoms with Crippen molar-refractivity contribution in [2.45, 2.75) is 11.6 Å². The lowest BCUT2D eigenvalue weighted by Gasteiger charge is -2.40. The summed E-state index contributed by atoms with van der Waals surface area (Å²) in [6, 6.07) is 7.19. The first-order chi connectivity index (χ1) is 9.90. The molecule has 1 aromatic carbocycles. The van der Waals surface area contributed by atoms with Gasteiger partial charge in [-0.1, -0.05) is 17.7 Å². The van der Waals surface area contributed by atoms with Crippen molar-refractivity contribution in [1.82, 2.24) is 4.98 Å². The molecule has 2 aromatic rings. The second-order valence-electron chi connectivity index (χ2n) is 4.82. The van der Waals surface area contributed by atoms with E-state index in [4.69, 9.17) is 17.3 Å². The van der Waals surface area contributed by atoms with Gasteiger partial charge in [-0.15, -0.1) is 0 Å². The maximum Gasteiger partial charge on any atom is 0.403 e. The number of pyridine rings is 1. The summed E-state index contributed by atoms with van der Waals surface area (Å²) < 4.78 is 41.7. The number of hydrogen-bond donors (Lipinski definition) is 2.